The maximum Gasteiger partial charge on any atom is 0.337 e. The van der Waals surface area contributed by atoms with Gasteiger partial charge in [0.05, 0.1) is 5.66 Å². The maximum absolute atomic E-state index is 12.1. The van der Waals surface area contributed by atoms with Gasteiger partial charge in [-0.2, -0.15) is 0 Å². The third-order valence-corrected chi connectivity index (χ3v) is 4.67. The first-order valence-electron chi connectivity index (χ1n) is 4.60. The molecule has 1 aromatic carbocycles. The fourth-order valence-corrected chi connectivity index (χ4v) is 2.81. The predicted molar refractivity (Wildman–Crippen MR) is 60.9 cm³/mol. The molecule has 5 heteroatoms. The molecule has 0 heterocycles. The molecule has 0 bridgehead atoms. The van der Waals surface area contributed by atoms with Gasteiger partial charge in [0.25, 0.3) is 0 Å². The first-order valence-corrected chi connectivity index (χ1v) is 6.22. The highest BCUT2D eigenvalue weighted by atomic mass is 31.2. The molecule has 0 spiro atoms. The van der Waals surface area contributed by atoms with Gasteiger partial charge in [-0.15, -0.1) is 0 Å². The van der Waals surface area contributed by atoms with Crippen LogP contribution < -0.4 is 5.73 Å². The monoisotopic (exact) mass is 229 g/mol. The van der Waals surface area contributed by atoms with Gasteiger partial charge < -0.3 is 14.8 Å². The largest absolute Gasteiger partial charge is 0.398 e. The van der Waals surface area contributed by atoms with Gasteiger partial charge in [-0.1, -0.05) is 18.2 Å². The lowest BCUT2D eigenvalue weighted by atomic mass is 10.1. The van der Waals surface area contributed by atoms with E-state index in [1.807, 2.05) is 18.2 Å². The molecule has 1 aromatic rings. The zero-order valence-corrected chi connectivity index (χ0v) is 10.0. The van der Waals surface area contributed by atoms with Crippen LogP contribution in [0.3, 0.4) is 0 Å². The molecule has 0 amide bonds. The van der Waals surface area contributed by atoms with Crippen LogP contribution in [0.15, 0.2) is 24.3 Å². The molecule has 0 aliphatic carbocycles. The number of nitrogen functional groups attached to an aromatic ring is 1. The third kappa shape index (κ3) is 2.40. The van der Waals surface area contributed by atoms with Crippen LogP contribution in [0.4, 0.5) is 5.69 Å². The van der Waals surface area contributed by atoms with Crippen LogP contribution in [0.5, 0.6) is 0 Å². The van der Waals surface area contributed by atoms with E-state index in [2.05, 4.69) is 0 Å². The topological polar surface area (TPSA) is 61.5 Å². The number of para-hydroxylation sites is 1. The molecular weight excluding hydrogens is 213 g/mol. The summed E-state index contributed by atoms with van der Waals surface area (Å²) in [7, 11) is -0.351. The Labute approximate surface area is 89.9 Å². The van der Waals surface area contributed by atoms with Crippen LogP contribution in [-0.2, 0) is 13.6 Å². The summed E-state index contributed by atoms with van der Waals surface area (Å²) in [4.78, 5) is 0. The smallest absolute Gasteiger partial charge is 0.337 e. The number of rotatable bonds is 4. The van der Waals surface area contributed by atoms with E-state index in [-0.39, 0.29) is 5.66 Å². The van der Waals surface area contributed by atoms with E-state index in [4.69, 9.17) is 14.8 Å². The van der Waals surface area contributed by atoms with Gasteiger partial charge in [0.15, 0.2) is 0 Å². The van der Waals surface area contributed by atoms with E-state index in [9.17, 15) is 4.57 Å². The Hall–Kier alpha value is -0.830. The molecule has 1 rings (SSSR count). The highest BCUT2D eigenvalue weighted by molar-refractivity contribution is 7.54. The normalized spacial score (nSPS) is 13.8. The Balaban J connectivity index is 3.09. The zero-order valence-electron chi connectivity index (χ0n) is 9.14. The Kier molecular flexibility index (Phi) is 3.91. The fourth-order valence-electron chi connectivity index (χ4n) is 1.45. The average molecular weight is 229 g/mol. The number of hydrogen-bond acceptors (Lipinski definition) is 4. The van der Waals surface area contributed by atoms with E-state index in [0.717, 1.165) is 5.56 Å². The van der Waals surface area contributed by atoms with Crippen molar-refractivity contribution in [2.45, 2.75) is 12.6 Å². The summed E-state index contributed by atoms with van der Waals surface area (Å²) >= 11 is 0. The SMILES string of the molecule is COP(=O)(OC)C(C)c1ccccc1N. The van der Waals surface area contributed by atoms with Crippen molar-refractivity contribution in [2.24, 2.45) is 0 Å². The minimum absolute atomic E-state index is 0.367. The highest BCUT2D eigenvalue weighted by Crippen LogP contribution is 2.60. The van der Waals surface area contributed by atoms with Crippen LogP contribution in [0.2, 0.25) is 0 Å². The second-order valence-electron chi connectivity index (χ2n) is 3.21. The van der Waals surface area contributed by atoms with Crippen molar-refractivity contribution in [1.29, 1.82) is 0 Å². The summed E-state index contributed by atoms with van der Waals surface area (Å²) in [5, 5.41) is 0. The molecule has 0 aliphatic rings. The first-order chi connectivity index (χ1) is 7.05. The van der Waals surface area contributed by atoms with E-state index >= 15 is 0 Å². The Morgan fingerprint density at radius 2 is 1.80 bits per heavy atom. The van der Waals surface area contributed by atoms with Crippen LogP contribution in [-0.4, -0.2) is 14.2 Å². The Bertz CT molecular complexity index is 373. The molecule has 0 saturated carbocycles. The second kappa shape index (κ2) is 4.79. The van der Waals surface area contributed by atoms with Gasteiger partial charge in [-0.25, -0.2) is 0 Å². The van der Waals surface area contributed by atoms with Crippen molar-refractivity contribution in [3.05, 3.63) is 29.8 Å². The molecule has 0 saturated heterocycles. The standard InChI is InChI=1S/C10H16NO3P/c1-8(15(12,13-2)14-3)9-6-4-5-7-10(9)11/h4-8H,11H2,1-3H3. The number of anilines is 1. The molecular formula is C10H16NO3P. The molecule has 1 unspecified atom stereocenters. The fraction of sp³-hybridized carbons (Fsp3) is 0.400. The molecule has 15 heavy (non-hydrogen) atoms. The summed E-state index contributed by atoms with van der Waals surface area (Å²) in [5.74, 6) is 0. The lowest BCUT2D eigenvalue weighted by Crippen LogP contribution is -2.03. The molecule has 1 atom stereocenters. The zero-order chi connectivity index (χ0) is 11.5. The molecule has 0 aromatic heterocycles. The number of hydrogen-bond donors (Lipinski definition) is 1. The quantitative estimate of drug-likeness (QED) is 0.637. The van der Waals surface area contributed by atoms with Gasteiger partial charge in [0, 0.05) is 19.9 Å². The summed E-state index contributed by atoms with van der Waals surface area (Å²) in [5.41, 5.74) is 6.81. The lowest BCUT2D eigenvalue weighted by molar-refractivity contribution is 0.267. The molecule has 0 radical (unpaired) electrons. The van der Waals surface area contributed by atoms with Crippen molar-refractivity contribution in [3.8, 4) is 0 Å². The summed E-state index contributed by atoms with van der Waals surface area (Å²) in [6.45, 7) is 1.78. The minimum Gasteiger partial charge on any atom is -0.398 e. The van der Waals surface area contributed by atoms with E-state index < -0.39 is 7.60 Å². The number of benzene rings is 1. The Morgan fingerprint density at radius 3 is 2.27 bits per heavy atom. The van der Waals surface area contributed by atoms with Crippen molar-refractivity contribution in [3.63, 3.8) is 0 Å². The van der Waals surface area contributed by atoms with Crippen LogP contribution in [0.25, 0.3) is 0 Å². The average Bonchev–Trinajstić information content (AvgIpc) is 2.28. The van der Waals surface area contributed by atoms with Crippen LogP contribution in [0, 0.1) is 0 Å². The van der Waals surface area contributed by atoms with E-state index in [1.54, 1.807) is 13.0 Å². The molecule has 0 aliphatic heterocycles. The van der Waals surface area contributed by atoms with Gasteiger partial charge in [0.1, 0.15) is 0 Å². The molecule has 0 fully saturated rings. The van der Waals surface area contributed by atoms with Crippen LogP contribution in [0.1, 0.15) is 18.1 Å². The molecule has 4 nitrogen and oxygen atoms in total. The molecule has 2 N–H and O–H groups in total. The van der Waals surface area contributed by atoms with Gasteiger partial charge in [-0.05, 0) is 18.6 Å². The number of nitrogens with two attached hydrogens (primary N) is 1. The van der Waals surface area contributed by atoms with Gasteiger partial charge in [-0.3, -0.25) is 4.57 Å². The van der Waals surface area contributed by atoms with Gasteiger partial charge in [0.2, 0.25) is 0 Å². The highest BCUT2D eigenvalue weighted by Gasteiger charge is 2.32. The van der Waals surface area contributed by atoms with Crippen molar-refractivity contribution >= 4 is 13.3 Å². The minimum atomic E-state index is -3.10. The lowest BCUT2D eigenvalue weighted by Gasteiger charge is -2.22. The van der Waals surface area contributed by atoms with E-state index in [0.29, 0.717) is 5.69 Å². The summed E-state index contributed by atoms with van der Waals surface area (Å²) in [6, 6.07) is 7.26. The third-order valence-electron chi connectivity index (χ3n) is 2.43. The van der Waals surface area contributed by atoms with Crippen molar-refractivity contribution < 1.29 is 13.6 Å². The maximum atomic E-state index is 12.1. The predicted octanol–water partition coefficient (Wildman–Crippen LogP) is 2.82. The van der Waals surface area contributed by atoms with Crippen molar-refractivity contribution in [1.82, 2.24) is 0 Å². The van der Waals surface area contributed by atoms with Crippen LogP contribution >= 0.6 is 7.60 Å². The van der Waals surface area contributed by atoms with Gasteiger partial charge >= 0.3 is 7.60 Å². The first kappa shape index (κ1) is 12.2. The van der Waals surface area contributed by atoms with E-state index in [1.165, 1.54) is 14.2 Å². The summed E-state index contributed by atoms with van der Waals surface area (Å²) in [6.07, 6.45) is 0. The molecule has 84 valence electrons. The van der Waals surface area contributed by atoms with Crippen molar-refractivity contribution in [2.75, 3.05) is 20.0 Å². The summed E-state index contributed by atoms with van der Waals surface area (Å²) < 4.78 is 22.0. The Morgan fingerprint density at radius 1 is 1.27 bits per heavy atom. The second-order valence-corrected chi connectivity index (χ2v) is 5.79.